The molecule has 1 fully saturated rings. The maximum absolute atomic E-state index is 12.2. The second-order valence-electron chi connectivity index (χ2n) is 4.47. The Labute approximate surface area is 109 Å². The molecule has 0 atom stereocenters. The van der Waals surface area contributed by atoms with E-state index >= 15 is 0 Å². The smallest absolute Gasteiger partial charge is 0.271 e. The van der Waals surface area contributed by atoms with Crippen LogP contribution in [0.1, 0.15) is 0 Å². The zero-order valence-electron chi connectivity index (χ0n) is 10.1. The van der Waals surface area contributed by atoms with Gasteiger partial charge in [0, 0.05) is 39.3 Å². The number of hydrogen-bond donors (Lipinski definition) is 1. The minimum Gasteiger partial charge on any atom is -0.314 e. The molecular weight excluding hydrogens is 248 g/mol. The molecule has 2 aromatic rings. The summed E-state index contributed by atoms with van der Waals surface area (Å²) in [5.41, 5.74) is 0.897. The van der Waals surface area contributed by atoms with Gasteiger partial charge in [0.25, 0.3) is 5.56 Å². The van der Waals surface area contributed by atoms with E-state index in [2.05, 4.69) is 15.2 Å². The molecule has 1 N–H and O–H groups in total. The van der Waals surface area contributed by atoms with E-state index in [1.54, 1.807) is 10.9 Å². The maximum atomic E-state index is 12.2. The van der Waals surface area contributed by atoms with Gasteiger partial charge in [0.1, 0.15) is 4.70 Å². The number of thiophene rings is 1. The van der Waals surface area contributed by atoms with Crippen LogP contribution in [-0.2, 0) is 6.54 Å². The number of hydrogen-bond acceptors (Lipinski definition) is 5. The van der Waals surface area contributed by atoms with E-state index in [4.69, 9.17) is 0 Å². The Morgan fingerprint density at radius 2 is 2.17 bits per heavy atom. The fourth-order valence-corrected chi connectivity index (χ4v) is 3.01. The molecule has 6 heteroatoms. The normalized spacial score (nSPS) is 17.3. The first kappa shape index (κ1) is 11.8. The second kappa shape index (κ2) is 5.17. The summed E-state index contributed by atoms with van der Waals surface area (Å²) in [7, 11) is 0. The van der Waals surface area contributed by atoms with Gasteiger partial charge in [-0.15, -0.1) is 11.3 Å². The highest BCUT2D eigenvalue weighted by atomic mass is 32.1. The molecule has 0 aliphatic carbocycles. The Kier molecular flexibility index (Phi) is 3.40. The zero-order valence-corrected chi connectivity index (χ0v) is 10.9. The van der Waals surface area contributed by atoms with Crippen molar-refractivity contribution in [3.63, 3.8) is 0 Å². The zero-order chi connectivity index (χ0) is 12.4. The van der Waals surface area contributed by atoms with Crippen molar-refractivity contribution in [1.82, 2.24) is 19.8 Å². The summed E-state index contributed by atoms with van der Waals surface area (Å²) >= 11 is 1.47. The molecule has 1 aliphatic heterocycles. The van der Waals surface area contributed by atoms with Crippen LogP contribution in [0, 0.1) is 0 Å². The standard InChI is InChI=1S/C12H16N4OS/c17-12-11-10(1-8-18-11)14-9-16(12)7-6-15-4-2-13-3-5-15/h1,8-9,13H,2-7H2. The van der Waals surface area contributed by atoms with Crippen molar-refractivity contribution in [2.45, 2.75) is 6.54 Å². The van der Waals surface area contributed by atoms with Crippen molar-refractivity contribution in [3.8, 4) is 0 Å². The molecule has 2 aromatic heterocycles. The quantitative estimate of drug-likeness (QED) is 0.870. The Bertz CT molecular complexity index is 585. The summed E-state index contributed by atoms with van der Waals surface area (Å²) in [6, 6.07) is 1.89. The van der Waals surface area contributed by atoms with Crippen molar-refractivity contribution in [1.29, 1.82) is 0 Å². The van der Waals surface area contributed by atoms with Crippen LogP contribution >= 0.6 is 11.3 Å². The summed E-state index contributed by atoms with van der Waals surface area (Å²) in [4.78, 5) is 18.8. The highest BCUT2D eigenvalue weighted by Gasteiger charge is 2.10. The van der Waals surface area contributed by atoms with E-state index in [1.807, 2.05) is 11.4 Å². The van der Waals surface area contributed by atoms with E-state index in [0.717, 1.165) is 49.5 Å². The molecule has 0 unspecified atom stereocenters. The molecule has 3 heterocycles. The molecule has 96 valence electrons. The first-order valence-corrected chi connectivity index (χ1v) is 7.08. The largest absolute Gasteiger partial charge is 0.314 e. The molecular formula is C12H16N4OS. The number of fused-ring (bicyclic) bond motifs is 1. The fraction of sp³-hybridized carbons (Fsp3) is 0.500. The number of piperazine rings is 1. The van der Waals surface area contributed by atoms with Crippen molar-refractivity contribution in [2.75, 3.05) is 32.7 Å². The van der Waals surface area contributed by atoms with Gasteiger partial charge < -0.3 is 5.32 Å². The second-order valence-corrected chi connectivity index (χ2v) is 5.39. The van der Waals surface area contributed by atoms with E-state index in [9.17, 15) is 4.79 Å². The van der Waals surface area contributed by atoms with Crippen LogP contribution in [0.3, 0.4) is 0 Å². The first-order chi connectivity index (χ1) is 8.84. The SMILES string of the molecule is O=c1c2sccc2ncn1CCN1CCNCC1. The molecule has 0 aromatic carbocycles. The van der Waals surface area contributed by atoms with Crippen LogP contribution in [0.2, 0.25) is 0 Å². The topological polar surface area (TPSA) is 50.2 Å². The number of nitrogens with one attached hydrogen (secondary N) is 1. The predicted molar refractivity (Wildman–Crippen MR) is 73.2 cm³/mol. The molecule has 1 saturated heterocycles. The van der Waals surface area contributed by atoms with Gasteiger partial charge >= 0.3 is 0 Å². The lowest BCUT2D eigenvalue weighted by molar-refractivity contribution is 0.231. The van der Waals surface area contributed by atoms with Crippen LogP contribution < -0.4 is 10.9 Å². The number of nitrogens with zero attached hydrogens (tertiary/aromatic N) is 3. The summed E-state index contributed by atoms with van der Waals surface area (Å²) in [6.45, 7) is 5.83. The third-order valence-electron chi connectivity index (χ3n) is 3.30. The Morgan fingerprint density at radius 3 is 3.00 bits per heavy atom. The van der Waals surface area contributed by atoms with E-state index in [1.165, 1.54) is 11.3 Å². The van der Waals surface area contributed by atoms with Gasteiger partial charge in [-0.3, -0.25) is 14.3 Å². The van der Waals surface area contributed by atoms with E-state index in [0.29, 0.717) is 0 Å². The van der Waals surface area contributed by atoms with Crippen molar-refractivity contribution < 1.29 is 0 Å². The highest BCUT2D eigenvalue weighted by molar-refractivity contribution is 7.17. The first-order valence-electron chi connectivity index (χ1n) is 6.20. The Hall–Kier alpha value is -1.24. The van der Waals surface area contributed by atoms with Gasteiger partial charge in [-0.1, -0.05) is 0 Å². The van der Waals surface area contributed by atoms with Gasteiger partial charge in [0.05, 0.1) is 11.8 Å². The predicted octanol–water partition coefficient (Wildman–Crippen LogP) is 0.363. The molecule has 0 spiro atoms. The fourth-order valence-electron chi connectivity index (χ4n) is 2.22. The van der Waals surface area contributed by atoms with Crippen molar-refractivity contribution in [2.24, 2.45) is 0 Å². The van der Waals surface area contributed by atoms with Crippen molar-refractivity contribution >= 4 is 21.6 Å². The van der Waals surface area contributed by atoms with Crippen LogP contribution in [0.25, 0.3) is 10.2 Å². The van der Waals surface area contributed by atoms with Gasteiger partial charge in [-0.05, 0) is 11.4 Å². The molecule has 18 heavy (non-hydrogen) atoms. The maximum Gasteiger partial charge on any atom is 0.271 e. The minimum atomic E-state index is 0.0881. The molecule has 0 saturated carbocycles. The third-order valence-corrected chi connectivity index (χ3v) is 4.19. The van der Waals surface area contributed by atoms with Gasteiger partial charge in [-0.25, -0.2) is 4.98 Å². The lowest BCUT2D eigenvalue weighted by Crippen LogP contribution is -2.45. The Balaban J connectivity index is 1.74. The van der Waals surface area contributed by atoms with Gasteiger partial charge in [-0.2, -0.15) is 0 Å². The summed E-state index contributed by atoms with van der Waals surface area (Å²) < 4.78 is 2.48. The lowest BCUT2D eigenvalue weighted by atomic mass is 10.3. The average molecular weight is 264 g/mol. The van der Waals surface area contributed by atoms with Crippen LogP contribution in [-0.4, -0.2) is 47.2 Å². The Morgan fingerprint density at radius 1 is 1.33 bits per heavy atom. The third kappa shape index (κ3) is 2.31. The monoisotopic (exact) mass is 264 g/mol. The molecule has 3 rings (SSSR count). The van der Waals surface area contributed by atoms with E-state index < -0.39 is 0 Å². The molecule has 0 radical (unpaired) electrons. The minimum absolute atomic E-state index is 0.0881. The van der Waals surface area contributed by atoms with Crippen LogP contribution in [0.5, 0.6) is 0 Å². The van der Waals surface area contributed by atoms with Gasteiger partial charge in [0.2, 0.25) is 0 Å². The van der Waals surface area contributed by atoms with Gasteiger partial charge in [0.15, 0.2) is 0 Å². The number of aromatic nitrogens is 2. The average Bonchev–Trinajstić information content (AvgIpc) is 2.88. The summed E-state index contributed by atoms with van der Waals surface area (Å²) in [5.74, 6) is 0. The van der Waals surface area contributed by atoms with Crippen molar-refractivity contribution in [3.05, 3.63) is 28.1 Å². The van der Waals surface area contributed by atoms with E-state index in [-0.39, 0.29) is 5.56 Å². The highest BCUT2D eigenvalue weighted by Crippen LogP contribution is 2.13. The summed E-state index contributed by atoms with van der Waals surface area (Å²) in [5, 5.41) is 5.24. The molecule has 0 amide bonds. The summed E-state index contributed by atoms with van der Waals surface area (Å²) in [6.07, 6.45) is 1.67. The van der Waals surface area contributed by atoms with Crippen LogP contribution in [0.4, 0.5) is 0 Å². The molecule has 5 nitrogen and oxygen atoms in total. The lowest BCUT2D eigenvalue weighted by Gasteiger charge is -2.27. The molecule has 0 bridgehead atoms. The van der Waals surface area contributed by atoms with Crippen LogP contribution in [0.15, 0.2) is 22.6 Å². The number of rotatable bonds is 3. The molecule has 1 aliphatic rings.